The van der Waals surface area contributed by atoms with Gasteiger partial charge in [0.1, 0.15) is 5.02 Å². The highest BCUT2D eigenvalue weighted by atomic mass is 35.5. The summed E-state index contributed by atoms with van der Waals surface area (Å²) in [6.07, 6.45) is 6.08. The first-order chi connectivity index (χ1) is 10.1. The predicted molar refractivity (Wildman–Crippen MR) is 84.1 cm³/mol. The van der Waals surface area contributed by atoms with Gasteiger partial charge in [0.25, 0.3) is 5.69 Å². The standard InChI is InChI=1S/C14H12ClN3O2S/c15-10-6-5-9(7-12(10)18(19)20)8-16-14-17-11-3-1-2-4-13(11)21-14/h5-8H,1-4H2/b16-8+. The molecule has 0 aliphatic heterocycles. The van der Waals surface area contributed by atoms with Crippen LogP contribution in [0.4, 0.5) is 10.8 Å². The molecule has 0 saturated carbocycles. The summed E-state index contributed by atoms with van der Waals surface area (Å²) in [7, 11) is 0. The zero-order valence-electron chi connectivity index (χ0n) is 11.1. The van der Waals surface area contributed by atoms with Gasteiger partial charge >= 0.3 is 0 Å². The number of hydrogen-bond acceptors (Lipinski definition) is 5. The van der Waals surface area contributed by atoms with Crippen LogP contribution in [0.25, 0.3) is 0 Å². The van der Waals surface area contributed by atoms with Crippen molar-refractivity contribution in [3.8, 4) is 0 Å². The molecule has 3 rings (SSSR count). The molecule has 5 nitrogen and oxygen atoms in total. The number of aryl methyl sites for hydroxylation is 2. The van der Waals surface area contributed by atoms with Crippen molar-refractivity contribution in [2.24, 2.45) is 4.99 Å². The molecule has 1 aliphatic rings. The molecule has 0 amide bonds. The van der Waals surface area contributed by atoms with Crippen molar-refractivity contribution in [3.05, 3.63) is 49.5 Å². The van der Waals surface area contributed by atoms with Crippen LogP contribution in [0.1, 0.15) is 29.0 Å². The number of hydrogen-bond donors (Lipinski definition) is 0. The summed E-state index contributed by atoms with van der Waals surface area (Å²) in [6, 6.07) is 4.62. The predicted octanol–water partition coefficient (Wildman–Crippen LogP) is 4.33. The number of benzene rings is 1. The van der Waals surface area contributed by atoms with Crippen LogP contribution in [0, 0.1) is 10.1 Å². The van der Waals surface area contributed by atoms with E-state index in [0.717, 1.165) is 18.5 Å². The van der Waals surface area contributed by atoms with E-state index in [1.54, 1.807) is 23.6 Å². The van der Waals surface area contributed by atoms with Crippen molar-refractivity contribution in [1.82, 2.24) is 4.98 Å². The average Bonchev–Trinajstić information content (AvgIpc) is 2.89. The van der Waals surface area contributed by atoms with Crippen LogP contribution in [0.3, 0.4) is 0 Å². The molecule has 1 heterocycles. The van der Waals surface area contributed by atoms with E-state index in [1.807, 2.05) is 0 Å². The molecule has 0 spiro atoms. The van der Waals surface area contributed by atoms with Gasteiger partial charge in [-0.15, -0.1) is 0 Å². The molecule has 2 aromatic rings. The lowest BCUT2D eigenvalue weighted by Crippen LogP contribution is -1.98. The highest BCUT2D eigenvalue weighted by molar-refractivity contribution is 7.15. The molecule has 21 heavy (non-hydrogen) atoms. The van der Waals surface area contributed by atoms with Gasteiger partial charge in [-0.25, -0.2) is 9.98 Å². The molecule has 0 unspecified atom stereocenters. The SMILES string of the molecule is O=[N+]([O-])c1cc(/C=N/c2nc3c(s2)CCCC3)ccc1Cl. The Labute approximate surface area is 130 Å². The third-order valence-electron chi connectivity index (χ3n) is 3.33. The monoisotopic (exact) mass is 321 g/mol. The Bertz CT molecular complexity index is 704. The van der Waals surface area contributed by atoms with E-state index in [4.69, 9.17) is 11.6 Å². The van der Waals surface area contributed by atoms with Gasteiger partial charge in [-0.2, -0.15) is 0 Å². The molecule has 0 N–H and O–H groups in total. The maximum absolute atomic E-state index is 10.8. The summed E-state index contributed by atoms with van der Waals surface area (Å²) in [5, 5.41) is 11.7. The van der Waals surface area contributed by atoms with E-state index in [-0.39, 0.29) is 10.7 Å². The van der Waals surface area contributed by atoms with Crippen molar-refractivity contribution < 1.29 is 4.92 Å². The molecule has 0 radical (unpaired) electrons. The number of aliphatic imine (C=N–C) groups is 1. The van der Waals surface area contributed by atoms with E-state index in [1.165, 1.54) is 29.9 Å². The second kappa shape index (κ2) is 5.91. The number of rotatable bonds is 3. The number of aromatic nitrogens is 1. The number of nitro groups is 1. The first-order valence-electron chi connectivity index (χ1n) is 6.60. The third kappa shape index (κ3) is 3.11. The summed E-state index contributed by atoms with van der Waals surface area (Å²) < 4.78 is 0. The van der Waals surface area contributed by atoms with Crippen molar-refractivity contribution in [2.45, 2.75) is 25.7 Å². The lowest BCUT2D eigenvalue weighted by molar-refractivity contribution is -0.384. The van der Waals surface area contributed by atoms with Gasteiger partial charge in [0.15, 0.2) is 0 Å². The average molecular weight is 322 g/mol. The molecule has 108 valence electrons. The highest BCUT2D eigenvalue weighted by Crippen LogP contribution is 2.31. The molecule has 0 fully saturated rings. The van der Waals surface area contributed by atoms with Crippen LogP contribution in [-0.4, -0.2) is 16.1 Å². The van der Waals surface area contributed by atoms with E-state index < -0.39 is 4.92 Å². The maximum atomic E-state index is 10.8. The zero-order valence-corrected chi connectivity index (χ0v) is 12.7. The van der Waals surface area contributed by atoms with Crippen molar-refractivity contribution in [1.29, 1.82) is 0 Å². The Morgan fingerprint density at radius 3 is 2.95 bits per heavy atom. The van der Waals surface area contributed by atoms with Crippen LogP contribution in [0.15, 0.2) is 23.2 Å². The Hall–Kier alpha value is -1.79. The van der Waals surface area contributed by atoms with E-state index in [0.29, 0.717) is 10.7 Å². The fourth-order valence-electron chi connectivity index (χ4n) is 2.27. The van der Waals surface area contributed by atoms with Crippen LogP contribution in [0.5, 0.6) is 0 Å². The van der Waals surface area contributed by atoms with Crippen LogP contribution >= 0.6 is 22.9 Å². The number of halogens is 1. The first-order valence-corrected chi connectivity index (χ1v) is 7.79. The van der Waals surface area contributed by atoms with Gasteiger partial charge in [0.2, 0.25) is 5.13 Å². The number of thiazole rings is 1. The second-order valence-corrected chi connectivity index (χ2v) is 6.27. The smallest absolute Gasteiger partial charge is 0.258 e. The molecule has 1 aliphatic carbocycles. The van der Waals surface area contributed by atoms with Crippen molar-refractivity contribution >= 4 is 40.0 Å². The quantitative estimate of drug-likeness (QED) is 0.480. The fourth-order valence-corrected chi connectivity index (χ4v) is 3.45. The lowest BCUT2D eigenvalue weighted by Gasteiger charge is -2.06. The summed E-state index contributed by atoms with van der Waals surface area (Å²) in [5.74, 6) is 0. The Morgan fingerprint density at radius 1 is 1.38 bits per heavy atom. The minimum atomic E-state index is -0.498. The Morgan fingerprint density at radius 2 is 2.19 bits per heavy atom. The molecule has 0 atom stereocenters. The summed E-state index contributed by atoms with van der Waals surface area (Å²) in [4.78, 5) is 20.5. The van der Waals surface area contributed by atoms with E-state index >= 15 is 0 Å². The molecule has 7 heteroatoms. The molecule has 0 saturated heterocycles. The van der Waals surface area contributed by atoms with Crippen LogP contribution in [-0.2, 0) is 12.8 Å². The minimum absolute atomic E-state index is 0.112. The normalized spacial score (nSPS) is 14.3. The van der Waals surface area contributed by atoms with Crippen LogP contribution in [0.2, 0.25) is 5.02 Å². The largest absolute Gasteiger partial charge is 0.288 e. The van der Waals surface area contributed by atoms with Gasteiger partial charge in [-0.3, -0.25) is 10.1 Å². The summed E-state index contributed by atoms with van der Waals surface area (Å²) in [6.45, 7) is 0. The van der Waals surface area contributed by atoms with Crippen LogP contribution < -0.4 is 0 Å². The van der Waals surface area contributed by atoms with Crippen molar-refractivity contribution in [2.75, 3.05) is 0 Å². The summed E-state index contributed by atoms with van der Waals surface area (Å²) >= 11 is 7.38. The summed E-state index contributed by atoms with van der Waals surface area (Å²) in [5.41, 5.74) is 1.68. The van der Waals surface area contributed by atoms with Gasteiger partial charge in [0.05, 0.1) is 10.6 Å². The van der Waals surface area contributed by atoms with Gasteiger partial charge in [-0.05, 0) is 37.3 Å². The Balaban J connectivity index is 1.84. The Kier molecular flexibility index (Phi) is 3.98. The maximum Gasteiger partial charge on any atom is 0.288 e. The molecule has 1 aromatic heterocycles. The number of nitrogens with zero attached hydrogens (tertiary/aromatic N) is 3. The van der Waals surface area contributed by atoms with E-state index in [2.05, 4.69) is 9.98 Å². The highest BCUT2D eigenvalue weighted by Gasteiger charge is 2.15. The second-order valence-electron chi connectivity index (χ2n) is 4.80. The molecular weight excluding hydrogens is 310 g/mol. The molecular formula is C14H12ClN3O2S. The minimum Gasteiger partial charge on any atom is -0.258 e. The lowest BCUT2D eigenvalue weighted by atomic mass is 10.0. The van der Waals surface area contributed by atoms with Gasteiger partial charge in [0, 0.05) is 17.2 Å². The van der Waals surface area contributed by atoms with Crippen molar-refractivity contribution in [3.63, 3.8) is 0 Å². The van der Waals surface area contributed by atoms with Gasteiger partial charge < -0.3 is 0 Å². The zero-order chi connectivity index (χ0) is 14.8. The third-order valence-corrected chi connectivity index (χ3v) is 4.71. The molecule has 1 aromatic carbocycles. The fraction of sp³-hybridized carbons (Fsp3) is 0.286. The first kappa shape index (κ1) is 14.2. The molecule has 0 bridgehead atoms. The van der Waals surface area contributed by atoms with E-state index in [9.17, 15) is 10.1 Å². The number of fused-ring (bicyclic) bond motifs is 1. The topological polar surface area (TPSA) is 68.4 Å². The van der Waals surface area contributed by atoms with Gasteiger partial charge in [-0.1, -0.05) is 29.0 Å². The number of nitro benzene ring substituents is 1.